The molecule has 6 nitrogen and oxygen atoms in total. The number of ether oxygens (including phenoxy) is 1. The van der Waals surface area contributed by atoms with Gasteiger partial charge < -0.3 is 15.0 Å². The second-order valence-corrected chi connectivity index (χ2v) is 5.64. The lowest BCUT2D eigenvalue weighted by Crippen LogP contribution is -2.47. The van der Waals surface area contributed by atoms with Crippen LogP contribution in [-0.4, -0.2) is 73.6 Å². The Balaban J connectivity index is 2.33. The molecular formula is C16H31N3O3. The summed E-state index contributed by atoms with van der Waals surface area (Å²) < 4.78 is 5.25. The minimum absolute atomic E-state index is 0.0618. The summed E-state index contributed by atoms with van der Waals surface area (Å²) in [7, 11) is 0. The largest absolute Gasteiger partial charge is 0.382 e. The number of nitrogens with zero attached hydrogens (tertiary/aromatic N) is 2. The minimum Gasteiger partial charge on any atom is -0.382 e. The van der Waals surface area contributed by atoms with Gasteiger partial charge in [-0.1, -0.05) is 6.92 Å². The van der Waals surface area contributed by atoms with E-state index in [1.165, 1.54) is 0 Å². The molecule has 22 heavy (non-hydrogen) atoms. The molecule has 0 bridgehead atoms. The molecule has 0 aromatic heterocycles. The van der Waals surface area contributed by atoms with Gasteiger partial charge in [0.25, 0.3) is 0 Å². The molecule has 1 fully saturated rings. The van der Waals surface area contributed by atoms with Crippen LogP contribution in [0.4, 0.5) is 0 Å². The summed E-state index contributed by atoms with van der Waals surface area (Å²) in [5, 5.41) is 2.96. The van der Waals surface area contributed by atoms with Crippen LogP contribution in [0, 0.1) is 0 Å². The summed E-state index contributed by atoms with van der Waals surface area (Å²) >= 11 is 0. The molecule has 6 heteroatoms. The zero-order valence-electron chi connectivity index (χ0n) is 14.3. The van der Waals surface area contributed by atoms with E-state index in [-0.39, 0.29) is 17.9 Å². The summed E-state index contributed by atoms with van der Waals surface area (Å²) in [6.07, 6.45) is 2.31. The number of carbonyl (C=O) groups excluding carboxylic acids is 2. The molecule has 1 saturated heterocycles. The fraction of sp³-hybridized carbons (Fsp3) is 0.875. The molecule has 1 atom stereocenters. The number of amides is 2. The molecule has 1 unspecified atom stereocenters. The second-order valence-electron chi connectivity index (χ2n) is 5.64. The molecule has 1 rings (SSSR count). The Hall–Kier alpha value is -1.14. The van der Waals surface area contributed by atoms with Gasteiger partial charge >= 0.3 is 0 Å². The van der Waals surface area contributed by atoms with Crippen molar-refractivity contribution >= 4 is 11.8 Å². The normalized spacial score (nSPS) is 17.9. The van der Waals surface area contributed by atoms with Crippen molar-refractivity contribution in [2.75, 3.05) is 45.9 Å². The van der Waals surface area contributed by atoms with Crippen LogP contribution in [0.3, 0.4) is 0 Å². The average molecular weight is 313 g/mol. The average Bonchev–Trinajstić information content (AvgIpc) is 2.79. The van der Waals surface area contributed by atoms with Gasteiger partial charge in [0.05, 0.1) is 6.04 Å². The summed E-state index contributed by atoms with van der Waals surface area (Å²) in [6.45, 7) is 11.0. The van der Waals surface area contributed by atoms with E-state index in [9.17, 15) is 9.59 Å². The van der Waals surface area contributed by atoms with Crippen molar-refractivity contribution in [3.8, 4) is 0 Å². The van der Waals surface area contributed by atoms with Crippen LogP contribution in [0.15, 0.2) is 0 Å². The molecular weight excluding hydrogens is 282 g/mol. The summed E-state index contributed by atoms with van der Waals surface area (Å²) in [5.74, 6) is 0.265. The highest BCUT2D eigenvalue weighted by atomic mass is 16.5. The predicted octanol–water partition coefficient (Wildman–Crippen LogP) is 0.862. The minimum atomic E-state index is -0.149. The Kier molecular flexibility index (Phi) is 9.08. The van der Waals surface area contributed by atoms with Gasteiger partial charge in [0.2, 0.25) is 11.8 Å². The van der Waals surface area contributed by atoms with Crippen LogP contribution in [0.5, 0.6) is 0 Å². The van der Waals surface area contributed by atoms with E-state index in [4.69, 9.17) is 4.74 Å². The lowest BCUT2D eigenvalue weighted by Gasteiger charge is -2.27. The van der Waals surface area contributed by atoms with Crippen LogP contribution in [0.1, 0.15) is 40.0 Å². The van der Waals surface area contributed by atoms with Crippen molar-refractivity contribution in [1.29, 1.82) is 0 Å². The third-order valence-electron chi connectivity index (χ3n) is 4.08. The van der Waals surface area contributed by atoms with E-state index in [0.29, 0.717) is 32.7 Å². The lowest BCUT2D eigenvalue weighted by molar-refractivity contribution is -0.130. The zero-order chi connectivity index (χ0) is 16.4. The molecule has 0 aliphatic carbocycles. The number of hydrogen-bond acceptors (Lipinski definition) is 4. The van der Waals surface area contributed by atoms with Crippen LogP contribution in [0.2, 0.25) is 0 Å². The van der Waals surface area contributed by atoms with Crippen molar-refractivity contribution in [1.82, 2.24) is 15.1 Å². The third kappa shape index (κ3) is 6.32. The van der Waals surface area contributed by atoms with Crippen LogP contribution in [-0.2, 0) is 14.3 Å². The first kappa shape index (κ1) is 18.9. The Bertz CT molecular complexity index is 350. The highest BCUT2D eigenvalue weighted by Gasteiger charge is 2.24. The number of carbonyl (C=O) groups is 2. The van der Waals surface area contributed by atoms with E-state index >= 15 is 0 Å². The zero-order valence-corrected chi connectivity index (χ0v) is 14.3. The number of nitrogens with one attached hydrogen (secondary N) is 1. The van der Waals surface area contributed by atoms with E-state index in [1.54, 1.807) is 0 Å². The van der Waals surface area contributed by atoms with Crippen molar-refractivity contribution < 1.29 is 14.3 Å². The third-order valence-corrected chi connectivity index (χ3v) is 4.08. The molecule has 0 saturated carbocycles. The summed E-state index contributed by atoms with van der Waals surface area (Å²) in [5.41, 5.74) is 0. The summed E-state index contributed by atoms with van der Waals surface area (Å²) in [4.78, 5) is 28.0. The van der Waals surface area contributed by atoms with Gasteiger partial charge in [-0.3, -0.25) is 14.5 Å². The van der Waals surface area contributed by atoms with Crippen molar-refractivity contribution in [3.63, 3.8) is 0 Å². The smallest absolute Gasteiger partial charge is 0.237 e. The molecule has 0 radical (unpaired) electrons. The first-order valence-electron chi connectivity index (χ1n) is 8.47. The van der Waals surface area contributed by atoms with Gasteiger partial charge in [-0.25, -0.2) is 0 Å². The molecule has 1 N–H and O–H groups in total. The molecule has 128 valence electrons. The molecule has 0 spiro atoms. The van der Waals surface area contributed by atoms with E-state index in [1.807, 2.05) is 25.7 Å². The molecule has 0 aromatic carbocycles. The molecule has 1 aliphatic heterocycles. The SMILES string of the molecule is CCOCCCNC(=O)C(C)N1CCCN(C(=O)CC)CC1. The van der Waals surface area contributed by atoms with Gasteiger partial charge in [0, 0.05) is 52.4 Å². The molecule has 0 aromatic rings. The standard InChI is InChI=1S/C16H31N3O3/c1-4-15(20)19-10-7-9-18(11-12-19)14(3)16(21)17-8-6-13-22-5-2/h14H,4-13H2,1-3H3,(H,17,21). The first-order chi connectivity index (χ1) is 10.6. The maximum Gasteiger partial charge on any atom is 0.237 e. The van der Waals surface area contributed by atoms with Crippen LogP contribution >= 0.6 is 0 Å². The van der Waals surface area contributed by atoms with Crippen LogP contribution in [0.25, 0.3) is 0 Å². The second kappa shape index (κ2) is 10.6. The maximum absolute atomic E-state index is 12.2. The van der Waals surface area contributed by atoms with Crippen molar-refractivity contribution in [2.24, 2.45) is 0 Å². The van der Waals surface area contributed by atoms with E-state index < -0.39 is 0 Å². The van der Waals surface area contributed by atoms with Crippen LogP contribution < -0.4 is 5.32 Å². The Morgan fingerprint density at radius 1 is 1.18 bits per heavy atom. The van der Waals surface area contributed by atoms with E-state index in [0.717, 1.165) is 32.5 Å². The number of hydrogen-bond donors (Lipinski definition) is 1. The van der Waals surface area contributed by atoms with Crippen molar-refractivity contribution in [3.05, 3.63) is 0 Å². The Labute approximate surface area is 134 Å². The Morgan fingerprint density at radius 3 is 2.64 bits per heavy atom. The summed E-state index contributed by atoms with van der Waals surface area (Å²) in [6, 6.07) is -0.149. The highest BCUT2D eigenvalue weighted by Crippen LogP contribution is 2.08. The Morgan fingerprint density at radius 2 is 1.95 bits per heavy atom. The van der Waals surface area contributed by atoms with Crippen molar-refractivity contribution in [2.45, 2.75) is 46.1 Å². The maximum atomic E-state index is 12.2. The topological polar surface area (TPSA) is 61.9 Å². The van der Waals surface area contributed by atoms with E-state index in [2.05, 4.69) is 10.2 Å². The van der Waals surface area contributed by atoms with Gasteiger partial charge in [-0.05, 0) is 26.7 Å². The molecule has 1 aliphatic rings. The fourth-order valence-electron chi connectivity index (χ4n) is 2.64. The molecule has 1 heterocycles. The predicted molar refractivity (Wildman–Crippen MR) is 86.6 cm³/mol. The fourth-order valence-corrected chi connectivity index (χ4v) is 2.64. The van der Waals surface area contributed by atoms with Gasteiger partial charge in [-0.2, -0.15) is 0 Å². The van der Waals surface area contributed by atoms with Gasteiger partial charge in [0.15, 0.2) is 0 Å². The quantitative estimate of drug-likeness (QED) is 0.675. The lowest BCUT2D eigenvalue weighted by atomic mass is 10.2. The number of rotatable bonds is 8. The van der Waals surface area contributed by atoms with Gasteiger partial charge in [-0.15, -0.1) is 0 Å². The molecule has 2 amide bonds. The highest BCUT2D eigenvalue weighted by molar-refractivity contribution is 5.81. The van der Waals surface area contributed by atoms with Gasteiger partial charge in [0.1, 0.15) is 0 Å². The monoisotopic (exact) mass is 313 g/mol. The first-order valence-corrected chi connectivity index (χ1v) is 8.47.